The molecular weight excluding hydrogens is 240 g/mol. The first-order chi connectivity index (χ1) is 8.19. The normalized spacial score (nSPS) is 10.1. The molecule has 1 aromatic carbocycles. The van der Waals surface area contributed by atoms with Crippen LogP contribution >= 0.6 is 11.6 Å². The maximum absolute atomic E-state index is 11.2. The third-order valence-corrected chi connectivity index (χ3v) is 2.52. The zero-order valence-corrected chi connectivity index (χ0v) is 10.6. The molecule has 0 radical (unpaired) electrons. The number of hydrogen-bond acceptors (Lipinski definition) is 3. The quantitative estimate of drug-likeness (QED) is 0.814. The van der Waals surface area contributed by atoms with Gasteiger partial charge in [0.2, 0.25) is 5.91 Å². The van der Waals surface area contributed by atoms with E-state index in [2.05, 4.69) is 5.32 Å². The highest BCUT2D eigenvalue weighted by molar-refractivity contribution is 6.32. The van der Waals surface area contributed by atoms with Crippen molar-refractivity contribution in [2.24, 2.45) is 5.73 Å². The largest absolute Gasteiger partial charge is 0.491 e. The number of halogens is 1. The average molecular weight is 257 g/mol. The Balaban J connectivity index is 2.54. The average Bonchev–Trinajstić information content (AvgIpc) is 2.31. The van der Waals surface area contributed by atoms with Gasteiger partial charge in [0.05, 0.1) is 18.1 Å². The highest BCUT2D eigenvalue weighted by Gasteiger charge is 2.08. The molecule has 0 unspecified atom stereocenters. The van der Waals surface area contributed by atoms with E-state index in [-0.39, 0.29) is 5.91 Å². The molecule has 0 fully saturated rings. The van der Waals surface area contributed by atoms with Gasteiger partial charge in [-0.2, -0.15) is 0 Å². The van der Waals surface area contributed by atoms with Crippen molar-refractivity contribution in [1.82, 2.24) is 5.32 Å². The van der Waals surface area contributed by atoms with E-state index >= 15 is 0 Å². The van der Waals surface area contributed by atoms with Gasteiger partial charge < -0.3 is 15.8 Å². The highest BCUT2D eigenvalue weighted by atomic mass is 35.5. The zero-order chi connectivity index (χ0) is 12.7. The predicted octanol–water partition coefficient (Wildman–Crippen LogP) is 1.70. The molecule has 0 aliphatic carbocycles. The summed E-state index contributed by atoms with van der Waals surface area (Å²) in [4.78, 5) is 11.2. The summed E-state index contributed by atoms with van der Waals surface area (Å²) in [7, 11) is 0. The molecule has 1 amide bonds. The Bertz CT molecular complexity index is 383. The number of para-hydroxylation sites is 1. The van der Waals surface area contributed by atoms with Crippen LogP contribution in [-0.2, 0) is 11.3 Å². The van der Waals surface area contributed by atoms with Crippen molar-refractivity contribution in [3.05, 3.63) is 28.8 Å². The fourth-order valence-electron chi connectivity index (χ4n) is 1.41. The van der Waals surface area contributed by atoms with Crippen LogP contribution in [0.15, 0.2) is 18.2 Å². The van der Waals surface area contributed by atoms with Crippen LogP contribution in [-0.4, -0.2) is 19.1 Å². The van der Waals surface area contributed by atoms with E-state index < -0.39 is 0 Å². The topological polar surface area (TPSA) is 64.3 Å². The van der Waals surface area contributed by atoms with Gasteiger partial charge in [0.25, 0.3) is 0 Å². The number of carbonyl (C=O) groups excluding carboxylic acids is 1. The Morgan fingerprint density at radius 1 is 1.53 bits per heavy atom. The predicted molar refractivity (Wildman–Crippen MR) is 68.1 cm³/mol. The fourth-order valence-corrected chi connectivity index (χ4v) is 1.66. The molecule has 0 saturated carbocycles. The lowest BCUT2D eigenvalue weighted by Gasteiger charge is -2.11. The van der Waals surface area contributed by atoms with Crippen LogP contribution in [0, 0.1) is 0 Å². The van der Waals surface area contributed by atoms with Gasteiger partial charge in [-0.3, -0.25) is 4.79 Å². The number of amides is 1. The molecule has 1 aromatic rings. The number of rotatable bonds is 6. The van der Waals surface area contributed by atoms with E-state index in [4.69, 9.17) is 22.1 Å². The lowest BCUT2D eigenvalue weighted by molar-refractivity contribution is -0.121. The molecule has 94 valence electrons. The monoisotopic (exact) mass is 256 g/mol. The molecule has 0 heterocycles. The minimum absolute atomic E-state index is 0.0335. The van der Waals surface area contributed by atoms with Crippen molar-refractivity contribution in [2.75, 3.05) is 13.2 Å². The molecule has 17 heavy (non-hydrogen) atoms. The molecule has 0 spiro atoms. The van der Waals surface area contributed by atoms with Gasteiger partial charge in [-0.05, 0) is 13.0 Å². The minimum Gasteiger partial charge on any atom is -0.491 e. The van der Waals surface area contributed by atoms with Crippen molar-refractivity contribution in [3.63, 3.8) is 0 Å². The molecule has 3 N–H and O–H groups in total. The first kappa shape index (κ1) is 13.8. The number of ether oxygens (including phenoxy) is 1. The summed E-state index contributed by atoms with van der Waals surface area (Å²) in [6, 6.07) is 5.41. The van der Waals surface area contributed by atoms with E-state index in [0.717, 1.165) is 5.56 Å². The van der Waals surface area contributed by atoms with Gasteiger partial charge in [-0.25, -0.2) is 0 Å². The van der Waals surface area contributed by atoms with E-state index in [0.29, 0.717) is 36.9 Å². The van der Waals surface area contributed by atoms with Crippen molar-refractivity contribution >= 4 is 17.5 Å². The molecule has 0 aliphatic rings. The lowest BCUT2D eigenvalue weighted by Crippen LogP contribution is -2.24. The number of nitrogens with one attached hydrogen (secondary N) is 1. The van der Waals surface area contributed by atoms with Crippen molar-refractivity contribution in [2.45, 2.75) is 19.9 Å². The second-order valence-electron chi connectivity index (χ2n) is 3.48. The van der Waals surface area contributed by atoms with Gasteiger partial charge in [0.15, 0.2) is 0 Å². The fraction of sp³-hybridized carbons (Fsp3) is 0.417. The SMILES string of the molecule is CCNC(=O)CCOc1c(Cl)cccc1CN. The lowest BCUT2D eigenvalue weighted by atomic mass is 10.2. The van der Waals surface area contributed by atoms with Crippen LogP contribution in [0.5, 0.6) is 5.75 Å². The zero-order valence-electron chi connectivity index (χ0n) is 9.83. The number of nitrogens with two attached hydrogens (primary N) is 1. The number of carbonyl (C=O) groups is 1. The van der Waals surface area contributed by atoms with Crippen LogP contribution in [0.2, 0.25) is 5.02 Å². The van der Waals surface area contributed by atoms with Crippen LogP contribution in [0.25, 0.3) is 0 Å². The standard InChI is InChI=1S/C12H17ClN2O2/c1-2-15-11(16)6-7-17-12-9(8-14)4-3-5-10(12)13/h3-5H,2,6-8,14H2,1H3,(H,15,16). The van der Waals surface area contributed by atoms with Crippen LogP contribution < -0.4 is 15.8 Å². The summed E-state index contributed by atoms with van der Waals surface area (Å²) >= 11 is 6.00. The third-order valence-electron chi connectivity index (χ3n) is 2.22. The van der Waals surface area contributed by atoms with Crippen molar-refractivity contribution in [1.29, 1.82) is 0 Å². The van der Waals surface area contributed by atoms with Crippen LogP contribution in [0.4, 0.5) is 0 Å². The molecule has 4 nitrogen and oxygen atoms in total. The van der Waals surface area contributed by atoms with Crippen LogP contribution in [0.1, 0.15) is 18.9 Å². The third kappa shape index (κ3) is 4.24. The Hall–Kier alpha value is -1.26. The number of benzene rings is 1. The molecule has 0 bridgehead atoms. The highest BCUT2D eigenvalue weighted by Crippen LogP contribution is 2.28. The molecule has 1 rings (SSSR count). The Kier molecular flexibility index (Phi) is 5.80. The minimum atomic E-state index is -0.0335. The Labute approximate surface area is 106 Å². The van der Waals surface area contributed by atoms with E-state index in [1.165, 1.54) is 0 Å². The maximum atomic E-state index is 11.2. The molecule has 0 saturated heterocycles. The molecule has 0 aromatic heterocycles. The second kappa shape index (κ2) is 7.14. The summed E-state index contributed by atoms with van der Waals surface area (Å²) in [6.45, 7) is 3.15. The molecule has 0 atom stereocenters. The molecular formula is C12H17ClN2O2. The Morgan fingerprint density at radius 3 is 2.94 bits per heavy atom. The second-order valence-corrected chi connectivity index (χ2v) is 3.89. The van der Waals surface area contributed by atoms with Gasteiger partial charge in [0, 0.05) is 18.7 Å². The molecule has 5 heteroatoms. The first-order valence-corrected chi connectivity index (χ1v) is 5.93. The summed E-state index contributed by atoms with van der Waals surface area (Å²) in [5, 5.41) is 3.22. The summed E-state index contributed by atoms with van der Waals surface area (Å²) in [5.74, 6) is 0.537. The van der Waals surface area contributed by atoms with E-state index in [9.17, 15) is 4.79 Å². The smallest absolute Gasteiger partial charge is 0.223 e. The summed E-state index contributed by atoms with van der Waals surface area (Å²) in [5.41, 5.74) is 6.42. The van der Waals surface area contributed by atoms with Gasteiger partial charge in [0.1, 0.15) is 5.75 Å². The van der Waals surface area contributed by atoms with Crippen molar-refractivity contribution < 1.29 is 9.53 Å². The number of hydrogen-bond donors (Lipinski definition) is 2. The Morgan fingerprint density at radius 2 is 2.29 bits per heavy atom. The van der Waals surface area contributed by atoms with E-state index in [1.807, 2.05) is 19.1 Å². The van der Waals surface area contributed by atoms with Crippen molar-refractivity contribution in [3.8, 4) is 5.75 Å². The van der Waals surface area contributed by atoms with Gasteiger partial charge in [-0.15, -0.1) is 0 Å². The summed E-state index contributed by atoms with van der Waals surface area (Å²) < 4.78 is 5.50. The maximum Gasteiger partial charge on any atom is 0.223 e. The van der Waals surface area contributed by atoms with Crippen LogP contribution in [0.3, 0.4) is 0 Å². The summed E-state index contributed by atoms with van der Waals surface area (Å²) in [6.07, 6.45) is 0.309. The van der Waals surface area contributed by atoms with Gasteiger partial charge in [-0.1, -0.05) is 23.7 Å². The van der Waals surface area contributed by atoms with E-state index in [1.54, 1.807) is 6.07 Å². The first-order valence-electron chi connectivity index (χ1n) is 5.56. The van der Waals surface area contributed by atoms with Gasteiger partial charge >= 0.3 is 0 Å². The molecule has 0 aliphatic heterocycles.